The molecule has 0 aromatic heterocycles. The molecule has 31 heavy (non-hydrogen) atoms. The molecule has 3 rings (SSSR count). The van der Waals surface area contributed by atoms with Crippen LogP contribution in [0.4, 0.5) is 24.5 Å². The fourth-order valence-electron chi connectivity index (χ4n) is 3.14. The van der Waals surface area contributed by atoms with Gasteiger partial charge in [0.2, 0.25) is 0 Å². The molecule has 0 fully saturated rings. The molecule has 2 aromatic carbocycles. The fourth-order valence-corrected chi connectivity index (χ4v) is 3.90. The van der Waals surface area contributed by atoms with Crippen molar-refractivity contribution in [3.8, 4) is 0 Å². The van der Waals surface area contributed by atoms with Gasteiger partial charge in [0.05, 0.1) is 21.9 Å². The molecule has 0 heterocycles. The summed E-state index contributed by atoms with van der Waals surface area (Å²) in [5.41, 5.74) is -0.241. The van der Waals surface area contributed by atoms with Gasteiger partial charge in [-0.25, -0.2) is 0 Å². The predicted molar refractivity (Wildman–Crippen MR) is 107 cm³/mol. The van der Waals surface area contributed by atoms with E-state index in [0.717, 1.165) is 36.3 Å². The number of alkyl halides is 3. The number of hydrogen-bond donors (Lipinski definition) is 1. The third-order valence-corrected chi connectivity index (χ3v) is 5.55. The number of anilines is 1. The number of nitrogens with zero attached hydrogens (tertiary/aromatic N) is 1. The zero-order chi connectivity index (χ0) is 22.6. The first kappa shape index (κ1) is 22.6. The molecule has 2 aromatic rings. The number of carbonyl (C=O) groups excluding carboxylic acids is 2. The van der Waals surface area contributed by atoms with Gasteiger partial charge in [-0.15, -0.1) is 11.8 Å². The van der Waals surface area contributed by atoms with Crippen LogP contribution in [0.15, 0.2) is 41.3 Å². The van der Waals surface area contributed by atoms with Gasteiger partial charge in [-0.3, -0.25) is 19.7 Å². The highest BCUT2D eigenvalue weighted by Crippen LogP contribution is 2.37. The van der Waals surface area contributed by atoms with Crippen LogP contribution in [0.3, 0.4) is 0 Å². The topological polar surface area (TPSA) is 98.5 Å². The number of ether oxygens (including phenoxy) is 1. The number of benzene rings is 2. The highest BCUT2D eigenvalue weighted by molar-refractivity contribution is 8.00. The number of rotatable bonds is 7. The summed E-state index contributed by atoms with van der Waals surface area (Å²) in [5.74, 6) is -1.74. The van der Waals surface area contributed by atoms with Crippen molar-refractivity contribution in [3.05, 3.63) is 63.2 Å². The summed E-state index contributed by atoms with van der Waals surface area (Å²) in [7, 11) is 0. The summed E-state index contributed by atoms with van der Waals surface area (Å²) in [6, 6.07) is 7.89. The Morgan fingerprint density at radius 2 is 1.87 bits per heavy atom. The van der Waals surface area contributed by atoms with E-state index in [2.05, 4.69) is 0 Å². The average Bonchev–Trinajstić information content (AvgIpc) is 3.18. The van der Waals surface area contributed by atoms with Crippen molar-refractivity contribution in [2.24, 2.45) is 0 Å². The van der Waals surface area contributed by atoms with Crippen molar-refractivity contribution < 1.29 is 32.4 Å². The number of thioether (sulfide) groups is 1. The van der Waals surface area contributed by atoms with Crippen molar-refractivity contribution in [2.75, 3.05) is 17.7 Å². The normalized spacial score (nSPS) is 12.9. The lowest BCUT2D eigenvalue weighted by atomic mass is 10.1. The number of nitrogens with one attached hydrogen (secondary N) is 1. The number of amides is 1. The van der Waals surface area contributed by atoms with Gasteiger partial charge in [-0.1, -0.05) is 6.07 Å². The lowest BCUT2D eigenvalue weighted by Crippen LogP contribution is -2.23. The molecular weight excluding hydrogens is 437 g/mol. The average molecular weight is 454 g/mol. The second kappa shape index (κ2) is 9.38. The molecule has 1 aliphatic rings. The first-order chi connectivity index (χ1) is 14.6. The number of hydrogen-bond acceptors (Lipinski definition) is 6. The van der Waals surface area contributed by atoms with Crippen molar-refractivity contribution in [1.29, 1.82) is 0 Å². The molecule has 0 saturated heterocycles. The Morgan fingerprint density at radius 1 is 1.13 bits per heavy atom. The SMILES string of the molecule is O=C(COC(=O)CSc1ccc2c(c1)CCC2)Nc1ccc([N+](=O)[O-])cc1C(F)(F)F. The first-order valence-corrected chi connectivity index (χ1v) is 10.2. The number of fused-ring (bicyclic) bond motifs is 1. The smallest absolute Gasteiger partial charge is 0.418 e. The lowest BCUT2D eigenvalue weighted by Gasteiger charge is -2.13. The van der Waals surface area contributed by atoms with Crippen molar-refractivity contribution in [2.45, 2.75) is 30.3 Å². The van der Waals surface area contributed by atoms with Gasteiger partial charge in [0.25, 0.3) is 11.6 Å². The molecule has 1 amide bonds. The van der Waals surface area contributed by atoms with Crippen LogP contribution in [0.25, 0.3) is 0 Å². The minimum absolute atomic E-state index is 0.0581. The molecule has 0 bridgehead atoms. The standard InChI is InChI=1S/C20H17F3N2O5S/c21-20(22,23)16-9-14(25(28)29)5-7-17(16)24-18(26)10-30-19(27)11-31-15-6-4-12-2-1-3-13(12)8-15/h4-9H,1-3,10-11H2,(H,24,26). The zero-order valence-corrected chi connectivity index (χ0v) is 16.8. The third-order valence-electron chi connectivity index (χ3n) is 4.58. The predicted octanol–water partition coefficient (Wildman–Crippen LogP) is 4.38. The lowest BCUT2D eigenvalue weighted by molar-refractivity contribution is -0.385. The number of non-ortho nitro benzene ring substituents is 1. The van der Waals surface area contributed by atoms with E-state index in [1.54, 1.807) is 0 Å². The molecule has 0 unspecified atom stereocenters. The minimum Gasteiger partial charge on any atom is -0.455 e. The quantitative estimate of drug-likeness (QED) is 0.289. The van der Waals surface area contributed by atoms with Crippen LogP contribution >= 0.6 is 11.8 Å². The van der Waals surface area contributed by atoms with Crippen LogP contribution in [0.5, 0.6) is 0 Å². The van der Waals surface area contributed by atoms with E-state index in [1.807, 2.05) is 23.5 Å². The van der Waals surface area contributed by atoms with Gasteiger partial charge in [-0.2, -0.15) is 13.2 Å². The first-order valence-electron chi connectivity index (χ1n) is 9.19. The van der Waals surface area contributed by atoms with Crippen molar-refractivity contribution in [1.82, 2.24) is 0 Å². The number of esters is 1. The van der Waals surface area contributed by atoms with E-state index in [1.165, 1.54) is 22.9 Å². The Bertz CT molecular complexity index is 1030. The van der Waals surface area contributed by atoms with Gasteiger partial charge in [-0.05, 0) is 48.6 Å². The summed E-state index contributed by atoms with van der Waals surface area (Å²) in [6.07, 6.45) is -1.78. The number of nitro benzene ring substituents is 1. The van der Waals surface area contributed by atoms with Gasteiger partial charge in [0, 0.05) is 17.0 Å². The van der Waals surface area contributed by atoms with E-state index >= 15 is 0 Å². The Kier molecular flexibility index (Phi) is 6.84. The molecule has 0 radical (unpaired) electrons. The van der Waals surface area contributed by atoms with Gasteiger partial charge < -0.3 is 10.1 Å². The Labute approximate surface area is 179 Å². The van der Waals surface area contributed by atoms with E-state index < -0.39 is 46.5 Å². The maximum Gasteiger partial charge on any atom is 0.418 e. The molecule has 0 saturated carbocycles. The molecule has 0 atom stereocenters. The number of aryl methyl sites for hydroxylation is 2. The number of carbonyl (C=O) groups is 2. The summed E-state index contributed by atoms with van der Waals surface area (Å²) in [4.78, 5) is 34.4. The molecule has 1 aliphatic carbocycles. The second-order valence-electron chi connectivity index (χ2n) is 6.77. The van der Waals surface area contributed by atoms with E-state index in [0.29, 0.717) is 6.07 Å². The van der Waals surface area contributed by atoms with Gasteiger partial charge in [0.15, 0.2) is 6.61 Å². The van der Waals surface area contributed by atoms with Crippen LogP contribution in [0.2, 0.25) is 0 Å². The fraction of sp³-hybridized carbons (Fsp3) is 0.300. The van der Waals surface area contributed by atoms with Crippen molar-refractivity contribution >= 4 is 35.0 Å². The summed E-state index contributed by atoms with van der Waals surface area (Å²) in [6.45, 7) is -0.780. The number of nitro groups is 1. The zero-order valence-electron chi connectivity index (χ0n) is 16.0. The molecule has 0 aliphatic heterocycles. The van der Waals surface area contributed by atoms with E-state index in [-0.39, 0.29) is 5.75 Å². The monoisotopic (exact) mass is 454 g/mol. The molecule has 7 nitrogen and oxygen atoms in total. The van der Waals surface area contributed by atoms with Crippen LogP contribution in [0, 0.1) is 10.1 Å². The molecular formula is C20H17F3N2O5S. The maximum absolute atomic E-state index is 13.1. The highest BCUT2D eigenvalue weighted by Gasteiger charge is 2.35. The largest absolute Gasteiger partial charge is 0.455 e. The van der Waals surface area contributed by atoms with Gasteiger partial charge >= 0.3 is 12.1 Å². The molecule has 164 valence electrons. The van der Waals surface area contributed by atoms with Crippen LogP contribution in [-0.4, -0.2) is 29.2 Å². The second-order valence-corrected chi connectivity index (χ2v) is 7.82. The number of halogens is 3. The van der Waals surface area contributed by atoms with E-state index in [9.17, 15) is 32.9 Å². The van der Waals surface area contributed by atoms with Crippen LogP contribution < -0.4 is 5.32 Å². The minimum atomic E-state index is -4.92. The van der Waals surface area contributed by atoms with E-state index in [4.69, 9.17) is 4.74 Å². The summed E-state index contributed by atoms with van der Waals surface area (Å²) in [5, 5.41) is 12.7. The van der Waals surface area contributed by atoms with Crippen LogP contribution in [-0.2, 0) is 33.3 Å². The Morgan fingerprint density at radius 3 is 2.58 bits per heavy atom. The third kappa shape index (κ3) is 5.97. The van der Waals surface area contributed by atoms with Gasteiger partial charge in [0.1, 0.15) is 0 Å². The summed E-state index contributed by atoms with van der Waals surface area (Å²) < 4.78 is 44.2. The summed E-state index contributed by atoms with van der Waals surface area (Å²) >= 11 is 1.24. The Balaban J connectivity index is 1.53. The molecule has 0 spiro atoms. The van der Waals surface area contributed by atoms with Crippen molar-refractivity contribution in [3.63, 3.8) is 0 Å². The van der Waals surface area contributed by atoms with Crippen LogP contribution in [0.1, 0.15) is 23.1 Å². The maximum atomic E-state index is 13.1. The highest BCUT2D eigenvalue weighted by atomic mass is 32.2. The Hall–Kier alpha value is -3.08. The molecule has 11 heteroatoms. The molecule has 1 N–H and O–H groups in total.